The first-order valence-electron chi connectivity index (χ1n) is 7.70. The van der Waals surface area contributed by atoms with Crippen LogP contribution in [0.5, 0.6) is 0 Å². The largest absolute Gasteiger partial charge is 0.376 e. The molecule has 2 N–H and O–H groups in total. The fourth-order valence-electron chi connectivity index (χ4n) is 2.58. The Morgan fingerprint density at radius 2 is 2.43 bits per heavy atom. The van der Waals surface area contributed by atoms with Crippen molar-refractivity contribution in [2.75, 3.05) is 13.2 Å². The molecule has 0 aliphatic carbocycles. The maximum absolute atomic E-state index is 9.54. The highest BCUT2D eigenvalue weighted by Crippen LogP contribution is 2.21. The van der Waals surface area contributed by atoms with E-state index in [1.165, 1.54) is 0 Å². The number of nitrogens with one attached hydrogen (secondary N) is 2. The van der Waals surface area contributed by atoms with Crippen molar-refractivity contribution in [3.8, 4) is 6.07 Å². The molecule has 1 aromatic heterocycles. The van der Waals surface area contributed by atoms with Gasteiger partial charge in [0.1, 0.15) is 11.6 Å². The Labute approximate surface area is 135 Å². The van der Waals surface area contributed by atoms with Crippen LogP contribution in [0, 0.1) is 11.3 Å². The lowest BCUT2D eigenvalue weighted by Crippen LogP contribution is -2.39. The van der Waals surface area contributed by atoms with Crippen molar-refractivity contribution in [2.45, 2.75) is 25.9 Å². The lowest BCUT2D eigenvalue weighted by Gasteiger charge is -2.21. The van der Waals surface area contributed by atoms with Crippen molar-refractivity contribution in [3.05, 3.63) is 47.6 Å². The summed E-state index contributed by atoms with van der Waals surface area (Å²) in [6.07, 6.45) is 5.86. The average Bonchev–Trinajstić information content (AvgIpc) is 3.10. The molecule has 0 radical (unpaired) electrons. The van der Waals surface area contributed by atoms with E-state index in [9.17, 15) is 5.26 Å². The van der Waals surface area contributed by atoms with Gasteiger partial charge in [0.25, 0.3) is 0 Å². The SMILES string of the molecule is CC1=CNC(=NCC2CCCO2)N/C1=C(\C#N)c1ccccn1. The second-order valence-corrected chi connectivity index (χ2v) is 5.50. The number of rotatable bonds is 3. The first-order valence-corrected chi connectivity index (χ1v) is 7.70. The molecule has 1 atom stereocenters. The third-order valence-corrected chi connectivity index (χ3v) is 3.82. The monoisotopic (exact) mass is 309 g/mol. The van der Waals surface area contributed by atoms with E-state index in [0.717, 1.165) is 30.7 Å². The highest BCUT2D eigenvalue weighted by Gasteiger charge is 2.19. The summed E-state index contributed by atoms with van der Waals surface area (Å²) < 4.78 is 5.58. The Morgan fingerprint density at radius 1 is 1.52 bits per heavy atom. The Hall–Kier alpha value is -2.65. The van der Waals surface area contributed by atoms with Crippen LogP contribution in [-0.4, -0.2) is 30.2 Å². The first-order chi connectivity index (χ1) is 11.3. The maximum Gasteiger partial charge on any atom is 0.200 e. The Bertz CT molecular complexity index is 693. The highest BCUT2D eigenvalue weighted by atomic mass is 16.5. The Kier molecular flexibility index (Phi) is 4.69. The van der Waals surface area contributed by atoms with Gasteiger partial charge < -0.3 is 15.4 Å². The average molecular weight is 309 g/mol. The summed E-state index contributed by atoms with van der Waals surface area (Å²) in [5, 5.41) is 15.9. The molecule has 2 aliphatic heterocycles. The van der Waals surface area contributed by atoms with Crippen LogP contribution in [0.15, 0.2) is 46.9 Å². The summed E-state index contributed by atoms with van der Waals surface area (Å²) in [6.45, 7) is 3.37. The standard InChI is InChI=1S/C17H19N5O/c1-12-10-20-17(21-11-13-5-4-8-23-13)22-16(12)14(9-18)15-6-2-3-7-19-15/h2-3,6-7,10,13H,4-5,8,11H2,1H3,(H2,20,21,22)/b16-14+. The van der Waals surface area contributed by atoms with Crippen molar-refractivity contribution < 1.29 is 4.74 Å². The summed E-state index contributed by atoms with van der Waals surface area (Å²) >= 11 is 0. The second-order valence-electron chi connectivity index (χ2n) is 5.50. The normalized spacial score (nSPS) is 24.4. The molecular weight excluding hydrogens is 290 g/mol. The quantitative estimate of drug-likeness (QED) is 0.834. The van der Waals surface area contributed by atoms with Crippen LogP contribution >= 0.6 is 0 Å². The van der Waals surface area contributed by atoms with E-state index >= 15 is 0 Å². The van der Waals surface area contributed by atoms with Crippen LogP contribution < -0.4 is 10.6 Å². The minimum Gasteiger partial charge on any atom is -0.376 e. The van der Waals surface area contributed by atoms with Crippen molar-refractivity contribution >= 4 is 11.5 Å². The molecule has 1 unspecified atom stereocenters. The van der Waals surface area contributed by atoms with Crippen molar-refractivity contribution in [3.63, 3.8) is 0 Å². The number of nitriles is 1. The molecule has 6 nitrogen and oxygen atoms in total. The van der Waals surface area contributed by atoms with Gasteiger partial charge >= 0.3 is 0 Å². The van der Waals surface area contributed by atoms with Gasteiger partial charge in [-0.15, -0.1) is 0 Å². The number of nitrogens with zero attached hydrogens (tertiary/aromatic N) is 3. The molecular formula is C17H19N5O. The third-order valence-electron chi connectivity index (χ3n) is 3.82. The minimum atomic E-state index is 0.191. The molecule has 2 aliphatic rings. The zero-order valence-corrected chi connectivity index (χ0v) is 13.0. The number of guanidine groups is 1. The number of ether oxygens (including phenoxy) is 1. The predicted molar refractivity (Wildman–Crippen MR) is 88.1 cm³/mol. The van der Waals surface area contributed by atoms with E-state index in [-0.39, 0.29) is 6.10 Å². The number of aromatic nitrogens is 1. The van der Waals surface area contributed by atoms with Gasteiger partial charge in [0.15, 0.2) is 5.96 Å². The van der Waals surface area contributed by atoms with Gasteiger partial charge in [-0.25, -0.2) is 0 Å². The predicted octanol–water partition coefficient (Wildman–Crippen LogP) is 1.95. The number of allylic oxidation sites excluding steroid dienone is 2. The molecule has 3 heterocycles. The number of pyridine rings is 1. The smallest absolute Gasteiger partial charge is 0.200 e. The van der Waals surface area contributed by atoms with Crippen molar-refractivity contribution in [2.24, 2.45) is 4.99 Å². The summed E-state index contributed by atoms with van der Waals surface area (Å²) in [5.41, 5.74) is 2.82. The molecule has 1 saturated heterocycles. The van der Waals surface area contributed by atoms with E-state index in [4.69, 9.17) is 4.74 Å². The molecule has 0 aromatic carbocycles. The summed E-state index contributed by atoms with van der Waals surface area (Å²) in [5.74, 6) is 0.629. The zero-order valence-electron chi connectivity index (χ0n) is 13.0. The van der Waals surface area contributed by atoms with Crippen molar-refractivity contribution in [1.29, 1.82) is 5.26 Å². The second kappa shape index (κ2) is 7.07. The lowest BCUT2D eigenvalue weighted by molar-refractivity contribution is 0.117. The number of hydrogen-bond acceptors (Lipinski definition) is 4. The maximum atomic E-state index is 9.54. The van der Waals surface area contributed by atoms with Gasteiger partial charge in [-0.1, -0.05) is 6.07 Å². The third kappa shape index (κ3) is 3.58. The highest BCUT2D eigenvalue weighted by molar-refractivity contribution is 5.90. The summed E-state index contributed by atoms with van der Waals surface area (Å²) in [4.78, 5) is 8.79. The van der Waals surface area contributed by atoms with E-state index < -0.39 is 0 Å². The van der Waals surface area contributed by atoms with Gasteiger partial charge in [-0.2, -0.15) is 5.26 Å². The molecule has 3 rings (SSSR count). The van der Waals surface area contributed by atoms with Gasteiger partial charge in [0.2, 0.25) is 0 Å². The topological polar surface area (TPSA) is 82.3 Å². The lowest BCUT2D eigenvalue weighted by atomic mass is 10.1. The summed E-state index contributed by atoms with van der Waals surface area (Å²) in [7, 11) is 0. The first kappa shape index (κ1) is 15.3. The molecule has 1 aromatic rings. The molecule has 0 amide bonds. The molecule has 6 heteroatoms. The summed E-state index contributed by atoms with van der Waals surface area (Å²) in [6, 6.07) is 7.77. The molecule has 1 fully saturated rings. The van der Waals surface area contributed by atoms with E-state index in [2.05, 4.69) is 26.7 Å². The molecule has 0 spiro atoms. The number of aliphatic imine (C=N–C) groups is 1. The molecule has 23 heavy (non-hydrogen) atoms. The molecule has 118 valence electrons. The van der Waals surface area contributed by atoms with E-state index in [1.54, 1.807) is 6.20 Å². The van der Waals surface area contributed by atoms with Gasteiger partial charge in [-0.3, -0.25) is 9.98 Å². The van der Waals surface area contributed by atoms with Crippen molar-refractivity contribution in [1.82, 2.24) is 15.6 Å². The van der Waals surface area contributed by atoms with E-state index in [1.807, 2.05) is 31.3 Å². The fraction of sp³-hybridized carbons (Fsp3) is 0.353. The Balaban J connectivity index is 1.84. The molecule has 0 saturated carbocycles. The van der Waals surface area contributed by atoms with Crippen LogP contribution in [0.3, 0.4) is 0 Å². The number of hydrogen-bond donors (Lipinski definition) is 2. The Morgan fingerprint density at radius 3 is 3.13 bits per heavy atom. The minimum absolute atomic E-state index is 0.191. The van der Waals surface area contributed by atoms with Gasteiger partial charge in [0, 0.05) is 19.0 Å². The van der Waals surface area contributed by atoms with Crippen LogP contribution in [0.1, 0.15) is 25.5 Å². The van der Waals surface area contributed by atoms with Crippen LogP contribution in [-0.2, 0) is 4.74 Å². The van der Waals surface area contributed by atoms with Crippen LogP contribution in [0.25, 0.3) is 5.57 Å². The van der Waals surface area contributed by atoms with Gasteiger partial charge in [-0.05, 0) is 37.5 Å². The fourth-order valence-corrected chi connectivity index (χ4v) is 2.58. The van der Waals surface area contributed by atoms with Gasteiger partial charge in [0.05, 0.1) is 24.0 Å². The van der Waals surface area contributed by atoms with E-state index in [0.29, 0.717) is 23.8 Å². The zero-order chi connectivity index (χ0) is 16.1. The van der Waals surface area contributed by atoms with Crippen LogP contribution in [0.4, 0.5) is 0 Å². The molecule has 0 bridgehead atoms. The van der Waals surface area contributed by atoms with Crippen LogP contribution in [0.2, 0.25) is 0 Å².